The smallest absolute Gasteiger partial charge is 0.327 e. The minimum absolute atomic E-state index is 0.00972. The molecule has 0 bridgehead atoms. The molecule has 17 heavy (non-hydrogen) atoms. The molecule has 1 atom stereocenters. The van der Waals surface area contributed by atoms with Crippen molar-refractivity contribution in [3.8, 4) is 18.4 Å². The predicted molar refractivity (Wildman–Crippen MR) is 59.9 cm³/mol. The molecule has 0 saturated carbocycles. The quantitative estimate of drug-likeness (QED) is 0.737. The monoisotopic (exact) mass is 256 g/mol. The van der Waals surface area contributed by atoms with Crippen LogP contribution in [0.3, 0.4) is 0 Å². The number of hydrogen-bond donors (Lipinski definition) is 2. The standard InChI is InChI=1S/C9H9ClN4O3/c1-3-4-5(6(15)16)11-8-12-7(10)13-9(14-8)17-2/h1,5H,4H2,2H3,(H,15,16)(H,11,12,13,14). The molecule has 2 N–H and O–H groups in total. The maximum Gasteiger partial charge on any atom is 0.327 e. The second-order valence-electron chi connectivity index (χ2n) is 2.86. The van der Waals surface area contributed by atoms with Crippen LogP contribution in [0.2, 0.25) is 5.28 Å². The largest absolute Gasteiger partial charge is 0.480 e. The summed E-state index contributed by atoms with van der Waals surface area (Å²) in [5.41, 5.74) is 0. The SMILES string of the molecule is C#CCC(Nc1nc(Cl)nc(OC)n1)C(=O)O. The summed E-state index contributed by atoms with van der Waals surface area (Å²) in [7, 11) is 1.35. The third-order valence-corrected chi connectivity index (χ3v) is 1.86. The van der Waals surface area contributed by atoms with Gasteiger partial charge in [-0.15, -0.1) is 12.3 Å². The first-order valence-corrected chi connectivity index (χ1v) is 4.83. The van der Waals surface area contributed by atoms with Gasteiger partial charge in [-0.1, -0.05) is 0 Å². The van der Waals surface area contributed by atoms with E-state index >= 15 is 0 Å². The predicted octanol–water partition coefficient (Wildman–Crippen LogP) is 0.422. The van der Waals surface area contributed by atoms with Gasteiger partial charge in [-0.05, 0) is 11.6 Å². The number of methoxy groups -OCH3 is 1. The van der Waals surface area contributed by atoms with Gasteiger partial charge in [-0.2, -0.15) is 15.0 Å². The van der Waals surface area contributed by atoms with Crippen LogP contribution in [0, 0.1) is 12.3 Å². The Morgan fingerprint density at radius 2 is 2.35 bits per heavy atom. The summed E-state index contributed by atoms with van der Waals surface area (Å²) in [6, 6.07) is -1.01. The minimum atomic E-state index is -1.11. The number of aliphatic carboxylic acids is 1. The Bertz CT molecular complexity index is 460. The molecule has 90 valence electrons. The van der Waals surface area contributed by atoms with Gasteiger partial charge in [0.25, 0.3) is 0 Å². The fourth-order valence-corrected chi connectivity index (χ4v) is 1.11. The molecule has 0 fully saturated rings. The molecule has 1 aromatic rings. The molecular formula is C9H9ClN4O3. The Morgan fingerprint density at radius 3 is 2.88 bits per heavy atom. The maximum atomic E-state index is 10.8. The number of rotatable bonds is 5. The number of halogens is 1. The number of ether oxygens (including phenoxy) is 1. The minimum Gasteiger partial charge on any atom is -0.480 e. The lowest BCUT2D eigenvalue weighted by Crippen LogP contribution is -2.29. The van der Waals surface area contributed by atoms with Crippen LogP contribution >= 0.6 is 11.6 Å². The first-order chi connectivity index (χ1) is 8.06. The van der Waals surface area contributed by atoms with E-state index in [1.54, 1.807) is 0 Å². The van der Waals surface area contributed by atoms with Gasteiger partial charge in [-0.25, -0.2) is 4.79 Å². The molecule has 0 radical (unpaired) electrons. The van der Waals surface area contributed by atoms with Crippen LogP contribution in [-0.4, -0.2) is 39.2 Å². The summed E-state index contributed by atoms with van der Waals surface area (Å²) in [6.45, 7) is 0. The number of anilines is 1. The number of aromatic nitrogens is 3. The van der Waals surface area contributed by atoms with Gasteiger partial charge in [0.2, 0.25) is 11.2 Å². The number of carboxylic acid groups (broad SMARTS) is 1. The van der Waals surface area contributed by atoms with E-state index in [0.717, 1.165) is 0 Å². The maximum absolute atomic E-state index is 10.8. The molecule has 0 aliphatic heterocycles. The second-order valence-corrected chi connectivity index (χ2v) is 3.20. The number of hydrogen-bond acceptors (Lipinski definition) is 6. The molecule has 8 heteroatoms. The van der Waals surface area contributed by atoms with Crippen molar-refractivity contribution in [3.63, 3.8) is 0 Å². The van der Waals surface area contributed by atoms with E-state index in [-0.39, 0.29) is 23.7 Å². The average Bonchev–Trinajstić information content (AvgIpc) is 2.27. The van der Waals surface area contributed by atoms with Crippen LogP contribution in [-0.2, 0) is 4.79 Å². The van der Waals surface area contributed by atoms with Crippen molar-refractivity contribution in [3.05, 3.63) is 5.28 Å². The molecule has 0 aromatic carbocycles. The lowest BCUT2D eigenvalue weighted by Gasteiger charge is -2.11. The van der Waals surface area contributed by atoms with E-state index in [4.69, 9.17) is 27.9 Å². The molecule has 0 spiro atoms. The molecule has 1 heterocycles. The van der Waals surface area contributed by atoms with Gasteiger partial charge >= 0.3 is 12.0 Å². The van der Waals surface area contributed by atoms with Crippen molar-refractivity contribution in [2.45, 2.75) is 12.5 Å². The molecular weight excluding hydrogens is 248 g/mol. The Balaban J connectivity index is 2.89. The number of carboxylic acids is 1. The normalized spacial score (nSPS) is 11.4. The zero-order chi connectivity index (χ0) is 12.8. The van der Waals surface area contributed by atoms with E-state index in [2.05, 4.69) is 26.2 Å². The van der Waals surface area contributed by atoms with Crippen molar-refractivity contribution in [2.24, 2.45) is 0 Å². The fourth-order valence-electron chi connectivity index (χ4n) is 0.962. The van der Waals surface area contributed by atoms with E-state index < -0.39 is 12.0 Å². The second kappa shape index (κ2) is 5.86. The van der Waals surface area contributed by atoms with Gasteiger partial charge in [0.05, 0.1) is 7.11 Å². The van der Waals surface area contributed by atoms with Crippen LogP contribution in [0.4, 0.5) is 5.95 Å². The lowest BCUT2D eigenvalue weighted by molar-refractivity contribution is -0.137. The average molecular weight is 257 g/mol. The summed E-state index contributed by atoms with van der Waals surface area (Å²) in [6.07, 6.45) is 5.04. The topological polar surface area (TPSA) is 97.2 Å². The van der Waals surface area contributed by atoms with Crippen molar-refractivity contribution >= 4 is 23.5 Å². The highest BCUT2D eigenvalue weighted by atomic mass is 35.5. The lowest BCUT2D eigenvalue weighted by atomic mass is 10.2. The summed E-state index contributed by atoms with van der Waals surface area (Å²) in [5.74, 6) is 1.11. The molecule has 0 aliphatic carbocycles. The molecule has 1 aromatic heterocycles. The number of nitrogens with one attached hydrogen (secondary N) is 1. The van der Waals surface area contributed by atoms with E-state index in [1.807, 2.05) is 0 Å². The first kappa shape index (κ1) is 13.0. The Kier molecular flexibility index (Phi) is 4.48. The van der Waals surface area contributed by atoms with Crippen LogP contribution in [0.25, 0.3) is 0 Å². The number of nitrogens with zero attached hydrogens (tertiary/aromatic N) is 3. The summed E-state index contributed by atoms with van der Waals surface area (Å²) < 4.78 is 4.76. The van der Waals surface area contributed by atoms with Crippen LogP contribution in [0.5, 0.6) is 6.01 Å². The molecule has 1 unspecified atom stereocenters. The van der Waals surface area contributed by atoms with Crippen molar-refractivity contribution in [1.82, 2.24) is 15.0 Å². The zero-order valence-corrected chi connectivity index (χ0v) is 9.60. The highest BCUT2D eigenvalue weighted by molar-refractivity contribution is 6.28. The molecule has 1 rings (SSSR count). The van der Waals surface area contributed by atoms with E-state index in [1.165, 1.54) is 7.11 Å². The summed E-state index contributed by atoms with van der Waals surface area (Å²) in [4.78, 5) is 22.0. The van der Waals surface area contributed by atoms with Gasteiger partial charge in [0.1, 0.15) is 6.04 Å². The first-order valence-electron chi connectivity index (χ1n) is 4.45. The molecule has 0 amide bonds. The highest BCUT2D eigenvalue weighted by Gasteiger charge is 2.18. The van der Waals surface area contributed by atoms with Crippen LogP contribution < -0.4 is 10.1 Å². The van der Waals surface area contributed by atoms with Crippen molar-refractivity contribution < 1.29 is 14.6 Å². The van der Waals surface area contributed by atoms with Gasteiger partial charge in [-0.3, -0.25) is 0 Å². The Morgan fingerprint density at radius 1 is 1.65 bits per heavy atom. The zero-order valence-electron chi connectivity index (χ0n) is 8.85. The van der Waals surface area contributed by atoms with E-state index in [0.29, 0.717) is 0 Å². The third kappa shape index (κ3) is 3.77. The van der Waals surface area contributed by atoms with Gasteiger partial charge in [0.15, 0.2) is 0 Å². The van der Waals surface area contributed by atoms with Crippen LogP contribution in [0.15, 0.2) is 0 Å². The summed E-state index contributed by atoms with van der Waals surface area (Å²) >= 11 is 5.60. The fraction of sp³-hybridized carbons (Fsp3) is 0.333. The Hall–Kier alpha value is -2.07. The van der Waals surface area contributed by atoms with Crippen LogP contribution in [0.1, 0.15) is 6.42 Å². The van der Waals surface area contributed by atoms with E-state index in [9.17, 15) is 4.79 Å². The summed E-state index contributed by atoms with van der Waals surface area (Å²) in [5, 5.41) is 11.3. The molecule has 7 nitrogen and oxygen atoms in total. The highest BCUT2D eigenvalue weighted by Crippen LogP contribution is 2.12. The van der Waals surface area contributed by atoms with Crippen molar-refractivity contribution in [1.29, 1.82) is 0 Å². The number of terminal acetylenes is 1. The molecule has 0 aliphatic rings. The van der Waals surface area contributed by atoms with Gasteiger partial charge < -0.3 is 15.2 Å². The Labute approximate surface area is 102 Å². The number of carbonyl (C=O) groups is 1. The molecule has 0 saturated heterocycles. The third-order valence-electron chi connectivity index (χ3n) is 1.69. The van der Waals surface area contributed by atoms with Crippen molar-refractivity contribution in [2.75, 3.05) is 12.4 Å². The van der Waals surface area contributed by atoms with Gasteiger partial charge in [0, 0.05) is 6.42 Å².